The van der Waals surface area contributed by atoms with Crippen LogP contribution in [0.25, 0.3) is 0 Å². The number of allylic oxidation sites excluding steroid dienone is 12. The van der Waals surface area contributed by atoms with Crippen molar-refractivity contribution in [1.82, 2.24) is 0 Å². The first kappa shape index (κ1) is 47.9. The average molecular weight is 725 g/mol. The lowest BCUT2D eigenvalue weighted by molar-refractivity contribution is -0.154. The third kappa shape index (κ3) is 35.7. The molecule has 0 heterocycles. The van der Waals surface area contributed by atoms with Crippen molar-refractivity contribution in [2.24, 2.45) is 0 Å². The molecule has 10 heteroatoms. The maximum absolute atomic E-state index is 12.5. The van der Waals surface area contributed by atoms with Crippen molar-refractivity contribution in [3.05, 3.63) is 72.9 Å². The van der Waals surface area contributed by atoms with Crippen molar-refractivity contribution in [2.45, 2.75) is 142 Å². The normalized spacial score (nSPS) is 15.1. The van der Waals surface area contributed by atoms with Gasteiger partial charge in [0.25, 0.3) is 0 Å². The minimum atomic E-state index is -4.53. The number of ether oxygens (including phenoxy) is 2. The monoisotopic (exact) mass is 724 g/mol. The van der Waals surface area contributed by atoms with Crippen molar-refractivity contribution in [2.75, 3.05) is 33.0 Å². The molecule has 3 unspecified atom stereocenters. The van der Waals surface area contributed by atoms with Crippen LogP contribution in [0.5, 0.6) is 0 Å². The highest BCUT2D eigenvalue weighted by Crippen LogP contribution is 2.43. The van der Waals surface area contributed by atoms with Crippen LogP contribution in [0.4, 0.5) is 0 Å². The summed E-state index contributed by atoms with van der Waals surface area (Å²) in [6, 6.07) is 0. The van der Waals surface area contributed by atoms with Gasteiger partial charge in [-0.2, -0.15) is 0 Å². The number of phosphoric acid groups is 1. The quantitative estimate of drug-likeness (QED) is 0.0253. The van der Waals surface area contributed by atoms with Crippen LogP contribution in [0, 0.1) is 0 Å². The second-order valence-corrected chi connectivity index (χ2v) is 13.7. The summed E-state index contributed by atoms with van der Waals surface area (Å²) in [4.78, 5) is 22.4. The fourth-order valence-electron chi connectivity index (χ4n) is 4.55. The van der Waals surface area contributed by atoms with Gasteiger partial charge in [0.05, 0.1) is 26.4 Å². The summed E-state index contributed by atoms with van der Waals surface area (Å²) in [7, 11) is -4.53. The third-order valence-corrected chi connectivity index (χ3v) is 8.36. The van der Waals surface area contributed by atoms with Crippen LogP contribution < -0.4 is 0 Å². The predicted octanol–water partition coefficient (Wildman–Crippen LogP) is 9.80. The van der Waals surface area contributed by atoms with Crippen LogP contribution >= 0.6 is 7.82 Å². The van der Waals surface area contributed by atoms with Gasteiger partial charge >= 0.3 is 13.8 Å². The first-order valence-electron chi connectivity index (χ1n) is 18.9. The van der Waals surface area contributed by atoms with E-state index in [1.54, 1.807) is 0 Å². The summed E-state index contributed by atoms with van der Waals surface area (Å²) >= 11 is 0. The summed E-state index contributed by atoms with van der Waals surface area (Å²) in [6.07, 6.45) is 41.7. The van der Waals surface area contributed by atoms with Crippen LogP contribution in [0.2, 0.25) is 0 Å². The number of hydrogen-bond donors (Lipinski definition) is 3. The Hall–Kier alpha value is -2.10. The number of esters is 1. The second-order valence-electron chi connectivity index (χ2n) is 12.2. The van der Waals surface area contributed by atoms with Gasteiger partial charge < -0.3 is 24.6 Å². The number of carbonyl (C=O) groups is 1. The molecule has 0 aliphatic rings. The third-order valence-electron chi connectivity index (χ3n) is 7.41. The van der Waals surface area contributed by atoms with E-state index in [0.29, 0.717) is 6.61 Å². The molecule has 0 aliphatic carbocycles. The van der Waals surface area contributed by atoms with E-state index in [2.05, 4.69) is 86.8 Å². The van der Waals surface area contributed by atoms with Crippen LogP contribution in [0.1, 0.15) is 129 Å². The SMILES string of the molecule is CC/C=C\C/C=C\C/C=C\C/C=C\C/C=C\C/C=C\CCCOCC(COP(=O)(O)OCC(O)CO)OC(=O)CCCCCCCCCCC. The maximum atomic E-state index is 12.5. The largest absolute Gasteiger partial charge is 0.472 e. The Morgan fingerprint density at radius 2 is 1.12 bits per heavy atom. The minimum absolute atomic E-state index is 0.00646. The van der Waals surface area contributed by atoms with Crippen LogP contribution in [0.3, 0.4) is 0 Å². The summed E-state index contributed by atoms with van der Waals surface area (Å²) < 4.78 is 33.1. The fraction of sp³-hybridized carbons (Fsp3) is 0.675. The van der Waals surface area contributed by atoms with Gasteiger partial charge in [-0.05, 0) is 57.8 Å². The molecule has 0 bridgehead atoms. The molecule has 0 fully saturated rings. The van der Waals surface area contributed by atoms with Crippen molar-refractivity contribution in [3.63, 3.8) is 0 Å². The van der Waals surface area contributed by atoms with Crippen LogP contribution in [0.15, 0.2) is 72.9 Å². The Morgan fingerprint density at radius 1 is 0.640 bits per heavy atom. The molecule has 0 rings (SSSR count). The standard InChI is InChI=1S/C40H69O9P/c1-3-5-7-9-11-13-14-15-16-17-18-19-20-21-22-23-25-27-29-31-33-46-36-39(37-48-50(44,45)47-35-38(42)34-41)49-40(43)32-30-28-26-24-12-10-8-6-4-2/h5,7,11,13,15-16,18-19,21-22,25,27,38-39,41-42H,3-4,6,8-10,12,14,17,20,23-24,26,28-37H2,1-2H3,(H,44,45)/b7-5-,13-11-,16-15-,19-18-,22-21-,27-25-. The molecule has 3 N–H and O–H groups in total. The van der Waals surface area contributed by atoms with Crippen LogP contribution in [-0.2, 0) is 27.9 Å². The van der Waals surface area contributed by atoms with E-state index < -0.39 is 45.8 Å². The molecule has 0 aliphatic heterocycles. The highest BCUT2D eigenvalue weighted by Gasteiger charge is 2.26. The number of carbonyl (C=O) groups excluding carboxylic acids is 1. The Labute approximate surface area is 303 Å². The van der Waals surface area contributed by atoms with Gasteiger partial charge in [-0.25, -0.2) is 4.57 Å². The number of unbranched alkanes of at least 4 members (excludes halogenated alkanes) is 9. The molecular formula is C40H69O9P. The van der Waals surface area contributed by atoms with E-state index in [1.807, 2.05) is 0 Å². The van der Waals surface area contributed by atoms with Gasteiger partial charge in [-0.3, -0.25) is 13.8 Å². The molecule has 3 atom stereocenters. The van der Waals surface area contributed by atoms with E-state index in [1.165, 1.54) is 38.5 Å². The minimum Gasteiger partial charge on any atom is -0.457 e. The zero-order valence-electron chi connectivity index (χ0n) is 31.1. The highest BCUT2D eigenvalue weighted by molar-refractivity contribution is 7.47. The lowest BCUT2D eigenvalue weighted by Gasteiger charge is -2.20. The van der Waals surface area contributed by atoms with Gasteiger partial charge in [0.15, 0.2) is 0 Å². The molecule has 50 heavy (non-hydrogen) atoms. The number of phosphoric ester groups is 1. The molecule has 0 saturated heterocycles. The molecule has 0 aromatic heterocycles. The Bertz CT molecular complexity index is 1000. The topological polar surface area (TPSA) is 132 Å². The molecule has 0 spiro atoms. The zero-order chi connectivity index (χ0) is 36.8. The van der Waals surface area contributed by atoms with Gasteiger partial charge in [-0.1, -0.05) is 138 Å². The van der Waals surface area contributed by atoms with E-state index in [9.17, 15) is 19.4 Å². The Kier molecular flexibility index (Phi) is 35.1. The lowest BCUT2D eigenvalue weighted by Crippen LogP contribution is -2.29. The molecule has 0 saturated carbocycles. The molecule has 9 nitrogen and oxygen atoms in total. The molecule has 0 radical (unpaired) electrons. The molecule has 288 valence electrons. The van der Waals surface area contributed by atoms with Gasteiger partial charge in [0.1, 0.15) is 12.2 Å². The van der Waals surface area contributed by atoms with E-state index in [4.69, 9.17) is 23.6 Å². The predicted molar refractivity (Wildman–Crippen MR) is 205 cm³/mol. The van der Waals surface area contributed by atoms with Crippen LogP contribution in [-0.4, -0.2) is 66.3 Å². The highest BCUT2D eigenvalue weighted by atomic mass is 31.2. The molecule has 0 aromatic carbocycles. The number of hydrogen-bond acceptors (Lipinski definition) is 8. The van der Waals surface area contributed by atoms with Crippen molar-refractivity contribution < 1.29 is 43.0 Å². The summed E-state index contributed by atoms with van der Waals surface area (Å²) in [5, 5.41) is 18.3. The molecule has 0 amide bonds. The van der Waals surface area contributed by atoms with Gasteiger partial charge in [0.2, 0.25) is 0 Å². The van der Waals surface area contributed by atoms with Crippen molar-refractivity contribution in [3.8, 4) is 0 Å². The first-order chi connectivity index (χ1) is 24.3. The summed E-state index contributed by atoms with van der Waals surface area (Å²) in [5.41, 5.74) is 0. The average Bonchev–Trinajstić information content (AvgIpc) is 3.10. The number of aliphatic hydroxyl groups is 2. The molecule has 0 aromatic rings. The summed E-state index contributed by atoms with van der Waals surface area (Å²) in [6.45, 7) is 3.19. The van der Waals surface area contributed by atoms with E-state index >= 15 is 0 Å². The number of aliphatic hydroxyl groups excluding tert-OH is 2. The van der Waals surface area contributed by atoms with E-state index in [0.717, 1.165) is 70.6 Å². The van der Waals surface area contributed by atoms with Crippen molar-refractivity contribution in [1.29, 1.82) is 0 Å². The molecular weight excluding hydrogens is 655 g/mol. The van der Waals surface area contributed by atoms with Gasteiger partial charge in [0, 0.05) is 13.0 Å². The van der Waals surface area contributed by atoms with Crippen molar-refractivity contribution >= 4 is 13.8 Å². The van der Waals surface area contributed by atoms with Gasteiger partial charge in [-0.15, -0.1) is 0 Å². The number of rotatable bonds is 35. The maximum Gasteiger partial charge on any atom is 0.472 e. The first-order valence-corrected chi connectivity index (χ1v) is 20.4. The Balaban J connectivity index is 4.32. The lowest BCUT2D eigenvalue weighted by atomic mass is 10.1. The smallest absolute Gasteiger partial charge is 0.457 e. The zero-order valence-corrected chi connectivity index (χ0v) is 32.0. The second kappa shape index (κ2) is 36.7. The summed E-state index contributed by atoms with van der Waals surface area (Å²) in [5.74, 6) is -0.410. The van der Waals surface area contributed by atoms with E-state index in [-0.39, 0.29) is 13.0 Å². The Morgan fingerprint density at radius 3 is 1.64 bits per heavy atom. The fourth-order valence-corrected chi connectivity index (χ4v) is 5.34.